The zero-order chi connectivity index (χ0) is 17.0. The van der Waals surface area contributed by atoms with Crippen LogP contribution in [0.4, 0.5) is 0 Å². The summed E-state index contributed by atoms with van der Waals surface area (Å²) in [6, 6.07) is 0. The Kier molecular flexibility index (Phi) is 6.46. The third kappa shape index (κ3) is 4.26. The lowest BCUT2D eigenvalue weighted by atomic mass is 9.68. The van der Waals surface area contributed by atoms with Crippen LogP contribution >= 0.6 is 0 Å². The molecule has 0 aromatic heterocycles. The molecular weight excluding hydrogens is 286 g/mol. The molecule has 23 heavy (non-hydrogen) atoms. The van der Waals surface area contributed by atoms with Gasteiger partial charge >= 0.3 is 0 Å². The van der Waals surface area contributed by atoms with Gasteiger partial charge in [0.2, 0.25) is 5.91 Å². The lowest BCUT2D eigenvalue weighted by Gasteiger charge is -2.37. The quantitative estimate of drug-likeness (QED) is 0.576. The number of rotatable bonds is 3. The maximum Gasteiger partial charge on any atom is 0.249 e. The average Bonchev–Trinajstić information content (AvgIpc) is 2.55. The summed E-state index contributed by atoms with van der Waals surface area (Å²) in [5.41, 5.74) is 3.93. The smallest absolute Gasteiger partial charge is 0.249 e. The van der Waals surface area contributed by atoms with E-state index in [1.54, 1.807) is 5.57 Å². The van der Waals surface area contributed by atoms with Crippen molar-refractivity contribution in [3.63, 3.8) is 0 Å². The molecule has 3 nitrogen and oxygen atoms in total. The molecular formula is C20H33NO2. The Hall–Kier alpha value is -1.09. The van der Waals surface area contributed by atoms with Gasteiger partial charge in [0, 0.05) is 18.7 Å². The molecule has 2 fully saturated rings. The zero-order valence-electron chi connectivity index (χ0n) is 15.5. The number of carbonyl (C=O) groups is 1. The van der Waals surface area contributed by atoms with Crippen LogP contribution in [-0.2, 0) is 9.53 Å². The van der Waals surface area contributed by atoms with Gasteiger partial charge in [0.25, 0.3) is 0 Å². The minimum absolute atomic E-state index is 0.188. The van der Waals surface area contributed by atoms with E-state index in [1.807, 2.05) is 11.8 Å². The van der Waals surface area contributed by atoms with Crippen molar-refractivity contribution < 1.29 is 9.53 Å². The van der Waals surface area contributed by atoms with Crippen molar-refractivity contribution in [1.82, 2.24) is 4.90 Å². The molecule has 1 aliphatic carbocycles. The topological polar surface area (TPSA) is 29.5 Å². The lowest BCUT2D eigenvalue weighted by molar-refractivity contribution is -0.131. The van der Waals surface area contributed by atoms with Crippen LogP contribution in [0.5, 0.6) is 0 Å². The largest absolute Gasteiger partial charge is 0.378 e. The first-order chi connectivity index (χ1) is 11.0. The third-order valence-electron chi connectivity index (χ3n) is 5.52. The van der Waals surface area contributed by atoms with Gasteiger partial charge < -0.3 is 9.64 Å². The summed E-state index contributed by atoms with van der Waals surface area (Å²) in [6.45, 7) is 13.9. The van der Waals surface area contributed by atoms with Crippen LogP contribution in [0, 0.1) is 17.8 Å². The number of hydrogen-bond acceptors (Lipinski definition) is 2. The van der Waals surface area contributed by atoms with Crippen molar-refractivity contribution in [2.75, 3.05) is 26.3 Å². The molecule has 2 aliphatic rings. The monoisotopic (exact) mass is 319 g/mol. The molecule has 130 valence electrons. The molecule has 3 heteroatoms. The maximum absolute atomic E-state index is 12.6. The van der Waals surface area contributed by atoms with Crippen LogP contribution in [0.1, 0.15) is 53.9 Å². The minimum Gasteiger partial charge on any atom is -0.378 e. The zero-order valence-corrected chi connectivity index (χ0v) is 15.5. The number of nitrogens with zero attached hydrogens (tertiary/aromatic N) is 1. The Balaban J connectivity index is 2.18. The molecule has 1 heterocycles. The van der Waals surface area contributed by atoms with Gasteiger partial charge in [-0.2, -0.15) is 0 Å². The Morgan fingerprint density at radius 2 is 1.87 bits per heavy atom. The van der Waals surface area contributed by atoms with Crippen molar-refractivity contribution in [3.05, 3.63) is 22.8 Å². The highest BCUT2D eigenvalue weighted by Gasteiger charge is 2.31. The fraction of sp³-hybridized carbons (Fsp3) is 0.750. The molecule has 0 radical (unpaired) electrons. The molecule has 0 aromatic carbocycles. The van der Waals surface area contributed by atoms with E-state index in [0.29, 0.717) is 25.0 Å². The molecule has 0 bridgehead atoms. The predicted octanol–water partition coefficient (Wildman–Crippen LogP) is 4.20. The Morgan fingerprint density at radius 1 is 1.22 bits per heavy atom. The first-order valence-corrected chi connectivity index (χ1v) is 9.18. The van der Waals surface area contributed by atoms with Crippen molar-refractivity contribution in [2.24, 2.45) is 17.8 Å². The second-order valence-electron chi connectivity index (χ2n) is 7.39. The van der Waals surface area contributed by atoms with E-state index in [4.69, 9.17) is 4.74 Å². The molecule has 0 aromatic rings. The van der Waals surface area contributed by atoms with Crippen LogP contribution in [0.25, 0.3) is 0 Å². The molecule has 1 saturated carbocycles. The summed E-state index contributed by atoms with van der Waals surface area (Å²) in [5, 5.41) is 0. The normalized spacial score (nSPS) is 29.6. The Morgan fingerprint density at radius 3 is 2.43 bits per heavy atom. The summed E-state index contributed by atoms with van der Waals surface area (Å²) in [5.74, 6) is 2.05. The number of hydrogen-bond donors (Lipinski definition) is 0. The van der Waals surface area contributed by atoms with Crippen molar-refractivity contribution in [3.8, 4) is 0 Å². The molecule has 0 spiro atoms. The van der Waals surface area contributed by atoms with E-state index < -0.39 is 0 Å². The molecule has 3 unspecified atom stereocenters. The van der Waals surface area contributed by atoms with Gasteiger partial charge in [0.1, 0.15) is 0 Å². The van der Waals surface area contributed by atoms with E-state index in [1.165, 1.54) is 24.8 Å². The van der Waals surface area contributed by atoms with Gasteiger partial charge in [-0.1, -0.05) is 31.1 Å². The molecule has 0 N–H and O–H groups in total. The fourth-order valence-corrected chi connectivity index (χ4v) is 4.31. The van der Waals surface area contributed by atoms with Crippen LogP contribution in [0.2, 0.25) is 0 Å². The molecule has 3 atom stereocenters. The maximum atomic E-state index is 12.6. The third-order valence-corrected chi connectivity index (χ3v) is 5.52. The molecule has 1 saturated heterocycles. The van der Waals surface area contributed by atoms with Crippen LogP contribution in [-0.4, -0.2) is 37.1 Å². The van der Waals surface area contributed by atoms with Gasteiger partial charge in [-0.25, -0.2) is 0 Å². The van der Waals surface area contributed by atoms with Crippen LogP contribution in [0.3, 0.4) is 0 Å². The first kappa shape index (κ1) is 18.3. The summed E-state index contributed by atoms with van der Waals surface area (Å²) in [7, 11) is 0. The highest BCUT2D eigenvalue weighted by atomic mass is 16.5. The van der Waals surface area contributed by atoms with Gasteiger partial charge in [0.15, 0.2) is 0 Å². The van der Waals surface area contributed by atoms with Gasteiger partial charge in [-0.15, -0.1) is 0 Å². The number of ether oxygens (including phenoxy) is 1. The summed E-state index contributed by atoms with van der Waals surface area (Å²) >= 11 is 0. The number of allylic oxidation sites excluding steroid dienone is 3. The first-order valence-electron chi connectivity index (χ1n) is 9.18. The van der Waals surface area contributed by atoms with E-state index >= 15 is 0 Å². The highest BCUT2D eigenvalue weighted by molar-refractivity contribution is 5.93. The van der Waals surface area contributed by atoms with E-state index in [9.17, 15) is 4.79 Å². The Bertz CT molecular complexity index is 482. The number of carbonyl (C=O) groups excluding carboxylic acids is 1. The Labute approximate surface area is 141 Å². The van der Waals surface area contributed by atoms with Crippen molar-refractivity contribution in [1.29, 1.82) is 0 Å². The summed E-state index contributed by atoms with van der Waals surface area (Å²) in [6.07, 6.45) is 5.87. The minimum atomic E-state index is 0.188. The second kappa shape index (κ2) is 8.14. The van der Waals surface area contributed by atoms with Crippen LogP contribution in [0.15, 0.2) is 22.8 Å². The SMILES string of the molecule is CCC1C(=C(C)C)C(C=C(C)C(=O)N2CCOCC2)CCC1C. The van der Waals surface area contributed by atoms with E-state index in [-0.39, 0.29) is 5.91 Å². The molecule has 2 rings (SSSR count). The predicted molar refractivity (Wildman–Crippen MR) is 95.2 cm³/mol. The van der Waals surface area contributed by atoms with Gasteiger partial charge in [-0.3, -0.25) is 4.79 Å². The van der Waals surface area contributed by atoms with Gasteiger partial charge in [-0.05, 0) is 57.8 Å². The number of morpholine rings is 1. The summed E-state index contributed by atoms with van der Waals surface area (Å²) in [4.78, 5) is 14.6. The highest BCUT2D eigenvalue weighted by Crippen LogP contribution is 2.42. The fourth-order valence-electron chi connectivity index (χ4n) is 4.31. The summed E-state index contributed by atoms with van der Waals surface area (Å²) < 4.78 is 5.35. The van der Waals surface area contributed by atoms with Gasteiger partial charge in [0.05, 0.1) is 13.2 Å². The van der Waals surface area contributed by atoms with Crippen LogP contribution < -0.4 is 0 Å². The number of amides is 1. The standard InChI is InChI=1S/C20H33NO2/c1-6-18-15(4)7-8-17(19(18)14(2)3)13-16(5)20(22)21-9-11-23-12-10-21/h13,15,17-18H,6-12H2,1-5H3. The van der Waals surface area contributed by atoms with Crippen molar-refractivity contribution >= 4 is 5.91 Å². The molecule has 1 aliphatic heterocycles. The van der Waals surface area contributed by atoms with Crippen molar-refractivity contribution in [2.45, 2.75) is 53.9 Å². The lowest BCUT2D eigenvalue weighted by Crippen LogP contribution is -2.41. The second-order valence-corrected chi connectivity index (χ2v) is 7.39. The molecule has 1 amide bonds. The average molecular weight is 319 g/mol. The van der Waals surface area contributed by atoms with E-state index in [0.717, 1.165) is 24.6 Å². The van der Waals surface area contributed by atoms with E-state index in [2.05, 4.69) is 33.8 Å².